The summed E-state index contributed by atoms with van der Waals surface area (Å²) < 4.78 is 11.5. The third-order valence-electron chi connectivity index (χ3n) is 4.15. The molecule has 0 aliphatic rings. The maximum Gasteiger partial charge on any atom is 0.193 e. The molecule has 0 aliphatic heterocycles. The van der Waals surface area contributed by atoms with Crippen LogP contribution in [0.3, 0.4) is 0 Å². The van der Waals surface area contributed by atoms with E-state index in [0.29, 0.717) is 23.6 Å². The molecule has 0 aromatic heterocycles. The predicted molar refractivity (Wildman–Crippen MR) is 108 cm³/mol. The second kappa shape index (κ2) is 8.91. The Labute approximate surface area is 162 Å². The third-order valence-corrected chi connectivity index (χ3v) is 4.68. The summed E-state index contributed by atoms with van der Waals surface area (Å²) in [5.41, 5.74) is 6.34. The molecule has 0 bridgehead atoms. The van der Waals surface area contributed by atoms with Crippen molar-refractivity contribution in [3.63, 3.8) is 0 Å². The van der Waals surface area contributed by atoms with E-state index in [4.69, 9.17) is 15.2 Å². The third kappa shape index (κ3) is 4.89. The van der Waals surface area contributed by atoms with Crippen molar-refractivity contribution in [3.8, 4) is 11.5 Å². The molecule has 1 unspecified atom stereocenters. The van der Waals surface area contributed by atoms with Gasteiger partial charge in [0, 0.05) is 10.5 Å². The Bertz CT molecular complexity index is 765. The lowest BCUT2D eigenvalue weighted by atomic mass is 9.91. The highest BCUT2D eigenvalue weighted by Gasteiger charge is 2.27. The number of nitrogens with zero attached hydrogens (tertiary/aromatic N) is 1. The fourth-order valence-electron chi connectivity index (χ4n) is 2.47. The molecule has 0 fully saturated rings. The van der Waals surface area contributed by atoms with Gasteiger partial charge in [0.15, 0.2) is 5.96 Å². The molecule has 0 saturated heterocycles. The zero-order valence-corrected chi connectivity index (χ0v) is 16.7. The lowest BCUT2D eigenvalue weighted by molar-refractivity contribution is 0.0424. The van der Waals surface area contributed by atoms with Crippen molar-refractivity contribution >= 4 is 27.6 Å². The molecule has 4 N–H and O–H groups in total. The van der Waals surface area contributed by atoms with Crippen LogP contribution in [-0.2, 0) is 5.60 Å². The van der Waals surface area contributed by atoms with Crippen molar-refractivity contribution in [3.05, 3.63) is 52.5 Å². The first-order valence-electron chi connectivity index (χ1n) is 8.19. The monoisotopic (exact) mass is 421 g/mol. The maximum atomic E-state index is 10.9. The van der Waals surface area contributed by atoms with Crippen LogP contribution in [-0.4, -0.2) is 31.8 Å². The van der Waals surface area contributed by atoms with Gasteiger partial charge < -0.3 is 25.6 Å². The van der Waals surface area contributed by atoms with Crippen molar-refractivity contribution in [1.82, 2.24) is 0 Å². The van der Waals surface area contributed by atoms with Gasteiger partial charge in [0.05, 0.1) is 26.5 Å². The first-order valence-corrected chi connectivity index (χ1v) is 8.98. The Balaban J connectivity index is 2.17. The van der Waals surface area contributed by atoms with Crippen LogP contribution in [0.4, 0.5) is 5.69 Å². The van der Waals surface area contributed by atoms with E-state index in [1.165, 1.54) is 0 Å². The van der Waals surface area contributed by atoms with Gasteiger partial charge in [0.1, 0.15) is 17.1 Å². The van der Waals surface area contributed by atoms with Crippen LogP contribution in [0.5, 0.6) is 11.5 Å². The van der Waals surface area contributed by atoms with Gasteiger partial charge in [0.2, 0.25) is 0 Å². The SMILES string of the molecule is CCC(O)(CN=C(N)Nc1cc(OC)ccc1OC)c1ccc(Br)cc1. The quantitative estimate of drug-likeness (QED) is 0.470. The number of nitrogens with one attached hydrogen (secondary N) is 1. The van der Waals surface area contributed by atoms with E-state index in [2.05, 4.69) is 26.2 Å². The van der Waals surface area contributed by atoms with Crippen molar-refractivity contribution < 1.29 is 14.6 Å². The molecule has 0 heterocycles. The number of hydrogen-bond acceptors (Lipinski definition) is 4. The van der Waals surface area contributed by atoms with E-state index < -0.39 is 5.60 Å². The number of aliphatic hydroxyl groups is 1. The highest BCUT2D eigenvalue weighted by atomic mass is 79.9. The second-order valence-corrected chi connectivity index (χ2v) is 6.70. The van der Waals surface area contributed by atoms with Crippen molar-refractivity contribution in [2.75, 3.05) is 26.1 Å². The molecule has 2 aromatic carbocycles. The van der Waals surface area contributed by atoms with Gasteiger partial charge in [-0.05, 0) is 36.2 Å². The van der Waals surface area contributed by atoms with Gasteiger partial charge in [-0.2, -0.15) is 0 Å². The maximum absolute atomic E-state index is 10.9. The molecule has 26 heavy (non-hydrogen) atoms. The minimum atomic E-state index is -1.09. The van der Waals surface area contributed by atoms with Crippen LogP contribution in [0.25, 0.3) is 0 Å². The van der Waals surface area contributed by atoms with Gasteiger partial charge in [-0.25, -0.2) is 4.99 Å². The summed E-state index contributed by atoms with van der Waals surface area (Å²) >= 11 is 3.40. The van der Waals surface area contributed by atoms with Crippen LogP contribution in [0.2, 0.25) is 0 Å². The first kappa shape index (κ1) is 20.1. The van der Waals surface area contributed by atoms with E-state index in [-0.39, 0.29) is 12.5 Å². The molecule has 2 aromatic rings. The van der Waals surface area contributed by atoms with Gasteiger partial charge >= 0.3 is 0 Å². The molecule has 140 valence electrons. The van der Waals surface area contributed by atoms with Gasteiger partial charge in [-0.15, -0.1) is 0 Å². The van der Waals surface area contributed by atoms with E-state index in [9.17, 15) is 5.11 Å². The minimum Gasteiger partial charge on any atom is -0.497 e. The van der Waals surface area contributed by atoms with Gasteiger partial charge in [-0.1, -0.05) is 35.0 Å². The Morgan fingerprint density at radius 3 is 2.46 bits per heavy atom. The summed E-state index contributed by atoms with van der Waals surface area (Å²) in [6.07, 6.45) is 0.508. The Morgan fingerprint density at radius 2 is 1.88 bits per heavy atom. The van der Waals surface area contributed by atoms with E-state index in [1.54, 1.807) is 32.4 Å². The van der Waals surface area contributed by atoms with Gasteiger partial charge in [0.25, 0.3) is 0 Å². The summed E-state index contributed by atoms with van der Waals surface area (Å²) in [6, 6.07) is 12.9. The molecular formula is C19H24BrN3O3. The lowest BCUT2D eigenvalue weighted by Crippen LogP contribution is -2.31. The molecule has 0 amide bonds. The van der Waals surface area contributed by atoms with E-state index >= 15 is 0 Å². The van der Waals surface area contributed by atoms with Crippen molar-refractivity contribution in [1.29, 1.82) is 0 Å². The van der Waals surface area contributed by atoms with E-state index in [0.717, 1.165) is 10.0 Å². The summed E-state index contributed by atoms with van der Waals surface area (Å²) in [7, 11) is 3.16. The first-order chi connectivity index (χ1) is 12.4. The van der Waals surface area contributed by atoms with Crippen LogP contribution >= 0.6 is 15.9 Å². The normalized spacial score (nSPS) is 13.8. The van der Waals surface area contributed by atoms with E-state index in [1.807, 2.05) is 31.2 Å². The number of halogens is 1. The largest absolute Gasteiger partial charge is 0.497 e. The number of ether oxygens (including phenoxy) is 2. The Morgan fingerprint density at radius 1 is 1.19 bits per heavy atom. The molecule has 0 spiro atoms. The smallest absolute Gasteiger partial charge is 0.193 e. The molecule has 2 rings (SSSR count). The highest BCUT2D eigenvalue weighted by Crippen LogP contribution is 2.29. The highest BCUT2D eigenvalue weighted by molar-refractivity contribution is 9.10. The van der Waals surface area contributed by atoms with Gasteiger partial charge in [-0.3, -0.25) is 0 Å². The lowest BCUT2D eigenvalue weighted by Gasteiger charge is -2.25. The standard InChI is InChI=1S/C19H24BrN3O3/c1-4-19(24,13-5-7-14(20)8-6-13)12-22-18(21)23-16-11-15(25-2)9-10-17(16)26-3/h5-11,24H,4,12H2,1-3H3,(H3,21,22,23). The summed E-state index contributed by atoms with van der Waals surface area (Å²) in [4.78, 5) is 4.32. The van der Waals surface area contributed by atoms with Crippen LogP contribution in [0, 0.1) is 0 Å². The summed E-state index contributed by atoms with van der Waals surface area (Å²) in [5, 5.41) is 13.9. The average molecular weight is 422 g/mol. The minimum absolute atomic E-state index is 0.135. The number of rotatable bonds is 7. The molecule has 0 saturated carbocycles. The number of aliphatic imine (C=N–C) groups is 1. The number of hydrogen-bond donors (Lipinski definition) is 3. The zero-order valence-electron chi connectivity index (χ0n) is 15.1. The molecule has 6 nitrogen and oxygen atoms in total. The van der Waals surface area contributed by atoms with Crippen LogP contribution < -0.4 is 20.5 Å². The number of anilines is 1. The predicted octanol–water partition coefficient (Wildman–Crippen LogP) is 3.49. The molecule has 7 heteroatoms. The molecule has 0 radical (unpaired) electrons. The molecular weight excluding hydrogens is 398 g/mol. The fraction of sp³-hybridized carbons (Fsp3) is 0.316. The fourth-order valence-corrected chi connectivity index (χ4v) is 2.74. The molecule has 0 aliphatic carbocycles. The topological polar surface area (TPSA) is 89.1 Å². The second-order valence-electron chi connectivity index (χ2n) is 5.78. The number of guanidine groups is 1. The Hall–Kier alpha value is -2.25. The molecule has 1 atom stereocenters. The summed E-state index contributed by atoms with van der Waals surface area (Å²) in [5.74, 6) is 1.46. The zero-order chi connectivity index (χ0) is 19.2. The van der Waals surface area contributed by atoms with Crippen LogP contribution in [0.1, 0.15) is 18.9 Å². The number of nitrogens with two attached hydrogens (primary N) is 1. The number of benzene rings is 2. The average Bonchev–Trinajstić information content (AvgIpc) is 2.66. The van der Waals surface area contributed by atoms with Crippen molar-refractivity contribution in [2.24, 2.45) is 10.7 Å². The van der Waals surface area contributed by atoms with Crippen LogP contribution in [0.15, 0.2) is 51.9 Å². The Kier molecular flexibility index (Phi) is 6.88. The van der Waals surface area contributed by atoms with Crippen molar-refractivity contribution in [2.45, 2.75) is 18.9 Å². The summed E-state index contributed by atoms with van der Waals surface area (Å²) in [6.45, 7) is 2.04. The number of methoxy groups -OCH3 is 2.